The fourth-order valence-electron chi connectivity index (χ4n) is 0.680. The van der Waals surface area contributed by atoms with Crippen LogP contribution in [0.1, 0.15) is 12.8 Å². The van der Waals surface area contributed by atoms with Gasteiger partial charge in [-0.3, -0.25) is 12.2 Å². The maximum absolute atomic E-state index is 2.99. The van der Waals surface area contributed by atoms with Gasteiger partial charge in [0.25, 0.3) is 0 Å². The van der Waals surface area contributed by atoms with E-state index in [2.05, 4.69) is 24.3 Å². The van der Waals surface area contributed by atoms with E-state index in [1.807, 2.05) is 24.3 Å². The molecule has 0 nitrogen and oxygen atoms in total. The number of rotatable bonds is 0. The van der Waals surface area contributed by atoms with Gasteiger partial charge in [0.1, 0.15) is 0 Å². The third-order valence-electron chi connectivity index (χ3n) is 1.17. The first-order valence-corrected chi connectivity index (χ1v) is 3.43. The van der Waals surface area contributed by atoms with Crippen molar-refractivity contribution in [3.8, 4) is 0 Å². The second kappa shape index (κ2) is 7.58. The zero-order chi connectivity index (χ0) is 7.07. The zero-order valence-electron chi connectivity index (χ0n) is 6.23. The molecule has 2 aliphatic carbocycles. The summed E-state index contributed by atoms with van der Waals surface area (Å²) in [6.45, 7) is 0. The molecule has 0 amide bonds. The molecule has 0 radical (unpaired) electrons. The predicted molar refractivity (Wildman–Crippen MR) is 43.1 cm³/mol. The van der Waals surface area contributed by atoms with Crippen LogP contribution in [0.4, 0.5) is 0 Å². The summed E-state index contributed by atoms with van der Waals surface area (Å²) >= 11 is 0. The molecule has 58 valence electrons. The van der Waals surface area contributed by atoms with Gasteiger partial charge in [-0.1, -0.05) is 0 Å². The topological polar surface area (TPSA) is 0 Å². The van der Waals surface area contributed by atoms with Gasteiger partial charge >= 0.3 is 17.1 Å². The molecule has 0 unspecified atom stereocenters. The van der Waals surface area contributed by atoms with Gasteiger partial charge in [-0.05, 0) is 0 Å². The molecule has 1 heteroatoms. The molecule has 0 aromatic carbocycles. The van der Waals surface area contributed by atoms with E-state index in [1.165, 1.54) is 0 Å². The monoisotopic (exact) mass is 186 g/mol. The summed E-state index contributed by atoms with van der Waals surface area (Å²) in [6, 6.07) is 0. The average molecular weight is 186 g/mol. The largest absolute Gasteiger partial charge is 2.00 e. The van der Waals surface area contributed by atoms with Crippen molar-refractivity contribution in [1.82, 2.24) is 0 Å². The molecule has 0 heterocycles. The Morgan fingerprint density at radius 3 is 1.36 bits per heavy atom. The zero-order valence-corrected chi connectivity index (χ0v) is 7.34. The van der Waals surface area contributed by atoms with Crippen molar-refractivity contribution in [2.75, 3.05) is 0 Å². The van der Waals surface area contributed by atoms with Crippen LogP contribution >= 0.6 is 0 Å². The van der Waals surface area contributed by atoms with Crippen molar-refractivity contribution >= 4 is 0 Å². The number of allylic oxidation sites excluding steroid dienone is 8. The average Bonchev–Trinajstić information content (AvgIpc) is 2.67. The van der Waals surface area contributed by atoms with Crippen molar-refractivity contribution in [2.24, 2.45) is 0 Å². The van der Waals surface area contributed by atoms with Gasteiger partial charge in [0.05, 0.1) is 0 Å². The Hall–Kier alpha value is -0.521. The number of hydrogen-bond donors (Lipinski definition) is 0. The fourth-order valence-corrected chi connectivity index (χ4v) is 0.680. The first-order valence-electron chi connectivity index (χ1n) is 3.43. The number of hydrogen-bond acceptors (Lipinski definition) is 0. The summed E-state index contributed by atoms with van der Waals surface area (Å²) in [7, 11) is 0. The van der Waals surface area contributed by atoms with Gasteiger partial charge in [0, 0.05) is 0 Å². The van der Waals surface area contributed by atoms with Crippen molar-refractivity contribution in [3.63, 3.8) is 0 Å². The van der Waals surface area contributed by atoms with Crippen LogP contribution < -0.4 is 0 Å². The third kappa shape index (κ3) is 5.90. The molecule has 2 rings (SSSR count). The molecule has 0 aliphatic heterocycles. The van der Waals surface area contributed by atoms with Gasteiger partial charge in [0.15, 0.2) is 0 Å². The predicted octanol–water partition coefficient (Wildman–Crippen LogP) is 2.61. The minimum absolute atomic E-state index is 0. The molecule has 11 heavy (non-hydrogen) atoms. The van der Waals surface area contributed by atoms with Gasteiger partial charge in [0.2, 0.25) is 0 Å². The molecule has 0 bridgehead atoms. The molecule has 0 fully saturated rings. The summed E-state index contributed by atoms with van der Waals surface area (Å²) in [4.78, 5) is 0. The Labute approximate surface area is 78.9 Å². The molecule has 2 aliphatic rings. The molecular weight excluding hydrogens is 176 g/mol. The van der Waals surface area contributed by atoms with Gasteiger partial charge in [-0.25, -0.2) is 24.3 Å². The summed E-state index contributed by atoms with van der Waals surface area (Å²) < 4.78 is 0. The van der Waals surface area contributed by atoms with Crippen LogP contribution in [0.2, 0.25) is 0 Å². The van der Waals surface area contributed by atoms with Crippen LogP contribution in [0.3, 0.4) is 0 Å². The van der Waals surface area contributed by atoms with E-state index in [-0.39, 0.29) is 17.1 Å². The summed E-state index contributed by atoms with van der Waals surface area (Å²) in [6.07, 6.45) is 20.0. The van der Waals surface area contributed by atoms with E-state index in [0.717, 1.165) is 12.8 Å². The van der Waals surface area contributed by atoms with Crippen molar-refractivity contribution < 1.29 is 17.1 Å². The van der Waals surface area contributed by atoms with E-state index in [1.54, 1.807) is 0 Å². The minimum atomic E-state index is 0. The molecule has 0 saturated heterocycles. The van der Waals surface area contributed by atoms with Crippen LogP contribution in [0.15, 0.2) is 36.5 Å². The standard InChI is InChI=1S/2C5H5.Fe/c2*1-2-4-5-3-1;/h2*1-3H,4H2;/q2*-1;+2. The SMILES string of the molecule is [C-]1=CC=CC1.[C-]1=CC=CC1.[Fe+2]. The van der Waals surface area contributed by atoms with Gasteiger partial charge < -0.3 is 0 Å². The third-order valence-corrected chi connectivity index (χ3v) is 1.17. The Balaban J connectivity index is 0.000000167. The van der Waals surface area contributed by atoms with Crippen LogP contribution in [0.5, 0.6) is 0 Å². The van der Waals surface area contributed by atoms with Crippen molar-refractivity contribution in [2.45, 2.75) is 12.8 Å². The molecule has 0 atom stereocenters. The molecule has 0 aromatic heterocycles. The maximum atomic E-state index is 2.99. The van der Waals surface area contributed by atoms with Crippen LogP contribution in [-0.2, 0) is 17.1 Å². The smallest absolute Gasteiger partial charge is 0.273 e. The minimum Gasteiger partial charge on any atom is -0.273 e. The van der Waals surface area contributed by atoms with E-state index in [4.69, 9.17) is 0 Å². The normalized spacial score (nSPS) is 16.0. The van der Waals surface area contributed by atoms with Gasteiger partial charge in [-0.2, -0.15) is 12.2 Å². The maximum Gasteiger partial charge on any atom is 2.00 e. The summed E-state index contributed by atoms with van der Waals surface area (Å²) in [5.41, 5.74) is 0. The van der Waals surface area contributed by atoms with Crippen molar-refractivity contribution in [1.29, 1.82) is 0 Å². The summed E-state index contributed by atoms with van der Waals surface area (Å²) in [5.74, 6) is 0. The van der Waals surface area contributed by atoms with E-state index in [9.17, 15) is 0 Å². The molecule has 0 aromatic rings. The second-order valence-electron chi connectivity index (χ2n) is 2.01. The van der Waals surface area contributed by atoms with Crippen LogP contribution in [-0.4, -0.2) is 0 Å². The second-order valence-corrected chi connectivity index (χ2v) is 2.01. The van der Waals surface area contributed by atoms with Crippen LogP contribution in [0, 0.1) is 12.2 Å². The van der Waals surface area contributed by atoms with E-state index < -0.39 is 0 Å². The fraction of sp³-hybridized carbons (Fsp3) is 0.200. The Bertz CT molecular complexity index is 143. The molecule has 0 spiro atoms. The Kier molecular flexibility index (Phi) is 7.23. The molecule has 0 saturated carbocycles. The van der Waals surface area contributed by atoms with E-state index >= 15 is 0 Å². The Morgan fingerprint density at radius 1 is 0.818 bits per heavy atom. The Morgan fingerprint density at radius 2 is 1.27 bits per heavy atom. The summed E-state index contributed by atoms with van der Waals surface area (Å²) in [5, 5.41) is 0. The van der Waals surface area contributed by atoms with Gasteiger partial charge in [-0.15, -0.1) is 12.8 Å². The van der Waals surface area contributed by atoms with Crippen molar-refractivity contribution in [3.05, 3.63) is 48.6 Å². The first kappa shape index (κ1) is 10.5. The van der Waals surface area contributed by atoms with E-state index in [0.29, 0.717) is 0 Å². The first-order chi connectivity index (χ1) is 5.00. The molecule has 0 N–H and O–H groups in total. The quantitative estimate of drug-likeness (QED) is 0.403. The molecular formula is C10H10Fe. The van der Waals surface area contributed by atoms with Crippen LogP contribution in [0.25, 0.3) is 0 Å².